The van der Waals surface area contributed by atoms with Crippen molar-refractivity contribution >= 4 is 11.6 Å². The molecule has 5 rings (SSSR count). The van der Waals surface area contributed by atoms with Gasteiger partial charge >= 0.3 is 0 Å². The molecule has 0 bridgehead atoms. The first-order valence-electron chi connectivity index (χ1n) is 9.28. The number of H-pyrrole nitrogens is 1. The van der Waals surface area contributed by atoms with Crippen LogP contribution >= 0.6 is 0 Å². The molecule has 30 heavy (non-hydrogen) atoms. The van der Waals surface area contributed by atoms with E-state index in [2.05, 4.69) is 16.3 Å². The zero-order valence-electron chi connectivity index (χ0n) is 15.9. The molecule has 1 spiro atoms. The molecule has 2 aromatic carbocycles. The summed E-state index contributed by atoms with van der Waals surface area (Å²) in [4.78, 5) is 15.5. The van der Waals surface area contributed by atoms with Gasteiger partial charge in [-0.1, -0.05) is 36.4 Å². The van der Waals surface area contributed by atoms with Crippen LogP contribution in [-0.4, -0.2) is 16.1 Å². The fraction of sp³-hybridized carbons (Fsp3) is 0.136. The fourth-order valence-electron chi connectivity index (χ4n) is 4.42. The minimum absolute atomic E-state index is 0.00650. The number of nitriles is 1. The Morgan fingerprint density at radius 1 is 1.27 bits per heavy atom. The number of hydrogen-bond acceptors (Lipinski definition) is 5. The molecule has 1 atom stereocenters. The summed E-state index contributed by atoms with van der Waals surface area (Å²) in [7, 11) is 0. The number of anilines is 1. The Morgan fingerprint density at radius 3 is 2.77 bits per heavy atom. The van der Waals surface area contributed by atoms with Gasteiger partial charge in [0.25, 0.3) is 0 Å². The highest BCUT2D eigenvalue weighted by Crippen LogP contribution is 2.55. The third-order valence-electron chi connectivity index (χ3n) is 5.68. The lowest BCUT2D eigenvalue weighted by atomic mass is 9.69. The number of aryl methyl sites for hydroxylation is 1. The van der Waals surface area contributed by atoms with E-state index in [9.17, 15) is 14.4 Å². The number of aromatic amines is 1. The number of fused-ring (bicyclic) bond motifs is 4. The van der Waals surface area contributed by atoms with Crippen molar-refractivity contribution in [2.75, 3.05) is 4.90 Å². The molecule has 3 heterocycles. The molecule has 0 saturated carbocycles. The second-order valence-electron chi connectivity index (χ2n) is 7.23. The van der Waals surface area contributed by atoms with Gasteiger partial charge in [0.15, 0.2) is 0 Å². The zero-order chi connectivity index (χ0) is 21.0. The zero-order valence-corrected chi connectivity index (χ0v) is 15.9. The van der Waals surface area contributed by atoms with Gasteiger partial charge in [0, 0.05) is 22.5 Å². The monoisotopic (exact) mass is 401 g/mol. The Balaban J connectivity index is 1.80. The van der Waals surface area contributed by atoms with Crippen molar-refractivity contribution in [3.8, 4) is 11.9 Å². The topological polar surface area (TPSA) is 108 Å². The van der Waals surface area contributed by atoms with E-state index in [4.69, 9.17) is 10.5 Å². The minimum atomic E-state index is -1.51. The summed E-state index contributed by atoms with van der Waals surface area (Å²) in [6, 6.07) is 15.5. The number of nitrogens with two attached hydrogens (primary N) is 1. The van der Waals surface area contributed by atoms with Gasteiger partial charge in [0.05, 0.1) is 12.1 Å². The number of carbonyl (C=O) groups excluding carboxylic acids is 1. The first-order valence-corrected chi connectivity index (χ1v) is 9.28. The Bertz CT molecular complexity index is 1290. The van der Waals surface area contributed by atoms with Crippen molar-refractivity contribution < 1.29 is 13.9 Å². The van der Waals surface area contributed by atoms with Crippen LogP contribution < -0.4 is 15.4 Å². The Hall–Kier alpha value is -4.12. The van der Waals surface area contributed by atoms with E-state index in [1.54, 1.807) is 49.4 Å². The maximum absolute atomic E-state index is 14.4. The maximum Gasteiger partial charge on any atom is 0.248 e. The maximum atomic E-state index is 14.4. The lowest BCUT2D eigenvalue weighted by molar-refractivity contribution is -0.121. The lowest BCUT2D eigenvalue weighted by Gasteiger charge is -2.32. The molecular weight excluding hydrogens is 385 g/mol. The molecule has 0 saturated heterocycles. The largest absolute Gasteiger partial charge is 0.420 e. The van der Waals surface area contributed by atoms with Crippen LogP contribution in [0.3, 0.4) is 0 Å². The Labute approximate surface area is 171 Å². The van der Waals surface area contributed by atoms with Crippen LogP contribution in [0.15, 0.2) is 60.0 Å². The molecule has 0 radical (unpaired) electrons. The van der Waals surface area contributed by atoms with Crippen LogP contribution in [0.1, 0.15) is 22.4 Å². The summed E-state index contributed by atoms with van der Waals surface area (Å²) in [5.74, 6) is -0.834. The van der Waals surface area contributed by atoms with Gasteiger partial charge in [-0.2, -0.15) is 5.26 Å². The number of ether oxygens (including phenoxy) is 1. The second-order valence-corrected chi connectivity index (χ2v) is 7.23. The Morgan fingerprint density at radius 2 is 2.00 bits per heavy atom. The molecule has 1 aromatic heterocycles. The van der Waals surface area contributed by atoms with Crippen LogP contribution in [-0.2, 0) is 16.8 Å². The van der Waals surface area contributed by atoms with E-state index in [0.717, 1.165) is 0 Å². The van der Waals surface area contributed by atoms with Crippen LogP contribution in [0.5, 0.6) is 5.88 Å². The predicted octanol–water partition coefficient (Wildman–Crippen LogP) is 2.78. The molecule has 8 heteroatoms. The molecule has 7 nitrogen and oxygen atoms in total. The third-order valence-corrected chi connectivity index (χ3v) is 5.68. The fourth-order valence-corrected chi connectivity index (χ4v) is 4.42. The number of nitrogens with one attached hydrogen (secondary N) is 1. The summed E-state index contributed by atoms with van der Waals surface area (Å²) in [6.07, 6.45) is 0. The number of hydrogen-bond donors (Lipinski definition) is 2. The summed E-state index contributed by atoms with van der Waals surface area (Å²) in [6.45, 7) is 1.76. The van der Waals surface area contributed by atoms with E-state index in [1.165, 1.54) is 11.0 Å². The number of halogens is 1. The summed E-state index contributed by atoms with van der Waals surface area (Å²) < 4.78 is 19.9. The molecule has 148 valence electrons. The number of aromatic nitrogens is 2. The van der Waals surface area contributed by atoms with Crippen LogP contribution in [0.25, 0.3) is 0 Å². The number of carbonyl (C=O) groups is 1. The van der Waals surface area contributed by atoms with Gasteiger partial charge in [-0.15, -0.1) is 5.10 Å². The van der Waals surface area contributed by atoms with Gasteiger partial charge in [-0.3, -0.25) is 9.89 Å². The quantitative estimate of drug-likeness (QED) is 0.687. The molecule has 2 aliphatic heterocycles. The number of benzene rings is 2. The van der Waals surface area contributed by atoms with Gasteiger partial charge in [0.2, 0.25) is 17.7 Å². The van der Waals surface area contributed by atoms with E-state index in [0.29, 0.717) is 28.1 Å². The van der Waals surface area contributed by atoms with Crippen molar-refractivity contribution in [2.45, 2.75) is 18.9 Å². The molecule has 3 N–H and O–H groups in total. The Kier molecular flexibility index (Phi) is 3.70. The predicted molar refractivity (Wildman–Crippen MR) is 106 cm³/mol. The SMILES string of the molecule is Cc1[nH]nc2c1[C@@]1(C(=O)N(Cc3ccccc3F)c3ccccc31)C(C#N)=C(N)O2. The highest BCUT2D eigenvalue weighted by molar-refractivity contribution is 6.14. The molecule has 0 fully saturated rings. The van der Waals surface area contributed by atoms with Crippen molar-refractivity contribution in [3.63, 3.8) is 0 Å². The molecule has 1 amide bonds. The van der Waals surface area contributed by atoms with E-state index in [-0.39, 0.29) is 23.9 Å². The first-order chi connectivity index (χ1) is 14.5. The van der Waals surface area contributed by atoms with E-state index >= 15 is 0 Å². The standard InChI is InChI=1S/C22H16FN5O2/c1-12-18-20(27-26-12)30-19(25)15(10-24)22(18)14-7-3-5-9-17(14)28(21(22)29)11-13-6-2-4-8-16(13)23/h2-9H,11,25H2,1H3,(H,26,27)/t22-/m0/s1. The minimum Gasteiger partial charge on any atom is -0.420 e. The van der Waals surface area contributed by atoms with Crippen molar-refractivity contribution in [2.24, 2.45) is 5.73 Å². The molecule has 0 aliphatic carbocycles. The first kappa shape index (κ1) is 17.9. The van der Waals surface area contributed by atoms with E-state index in [1.807, 2.05) is 0 Å². The number of para-hydroxylation sites is 1. The van der Waals surface area contributed by atoms with Gasteiger partial charge in [0.1, 0.15) is 22.9 Å². The second kappa shape index (κ2) is 6.19. The van der Waals surface area contributed by atoms with Gasteiger partial charge < -0.3 is 15.4 Å². The van der Waals surface area contributed by atoms with Gasteiger partial charge in [-0.05, 0) is 19.1 Å². The van der Waals surface area contributed by atoms with Crippen LogP contribution in [0.2, 0.25) is 0 Å². The molecule has 3 aromatic rings. The summed E-state index contributed by atoms with van der Waals surface area (Å²) in [5, 5.41) is 16.9. The van der Waals surface area contributed by atoms with Crippen LogP contribution in [0, 0.1) is 24.1 Å². The number of nitrogens with zero attached hydrogens (tertiary/aromatic N) is 3. The van der Waals surface area contributed by atoms with Crippen molar-refractivity contribution in [3.05, 3.63) is 88.2 Å². The molecular formula is C22H16FN5O2. The number of rotatable bonds is 2. The van der Waals surface area contributed by atoms with Crippen molar-refractivity contribution in [1.29, 1.82) is 5.26 Å². The average Bonchev–Trinajstić information content (AvgIpc) is 3.22. The lowest BCUT2D eigenvalue weighted by Crippen LogP contribution is -2.46. The number of amides is 1. The average molecular weight is 401 g/mol. The highest BCUT2D eigenvalue weighted by atomic mass is 19.1. The summed E-state index contributed by atoms with van der Waals surface area (Å²) >= 11 is 0. The third kappa shape index (κ3) is 2.12. The summed E-state index contributed by atoms with van der Waals surface area (Å²) in [5.41, 5.74) is 7.11. The van der Waals surface area contributed by atoms with E-state index < -0.39 is 17.1 Å². The van der Waals surface area contributed by atoms with Crippen LogP contribution in [0.4, 0.5) is 10.1 Å². The smallest absolute Gasteiger partial charge is 0.248 e. The highest BCUT2D eigenvalue weighted by Gasteiger charge is 2.60. The molecule has 2 aliphatic rings. The molecule has 0 unspecified atom stereocenters. The van der Waals surface area contributed by atoms with Gasteiger partial charge in [-0.25, -0.2) is 4.39 Å². The normalized spacial score (nSPS) is 19.5. The van der Waals surface area contributed by atoms with Crippen molar-refractivity contribution in [1.82, 2.24) is 10.2 Å².